The third-order valence-electron chi connectivity index (χ3n) is 3.89. The first-order chi connectivity index (χ1) is 12.7. The van der Waals surface area contributed by atoms with Crippen LogP contribution in [-0.2, 0) is 16.1 Å². The Labute approximate surface area is 153 Å². The number of para-hydroxylation sites is 1. The minimum absolute atomic E-state index is 0.115. The molecule has 0 aliphatic carbocycles. The van der Waals surface area contributed by atoms with Crippen LogP contribution in [-0.4, -0.2) is 25.7 Å². The van der Waals surface area contributed by atoms with E-state index in [4.69, 9.17) is 14.2 Å². The number of ether oxygens (including phenoxy) is 3. The van der Waals surface area contributed by atoms with Gasteiger partial charge in [0.25, 0.3) is 0 Å². The predicted molar refractivity (Wildman–Crippen MR) is 98.4 cm³/mol. The molecule has 2 aromatic rings. The molecule has 0 aromatic heterocycles. The summed E-state index contributed by atoms with van der Waals surface area (Å²) in [4.78, 5) is 24.1. The van der Waals surface area contributed by atoms with Crippen molar-refractivity contribution in [1.82, 2.24) is 0 Å². The maximum Gasteiger partial charge on any atom is 0.338 e. The topological polar surface area (TPSA) is 61.8 Å². The van der Waals surface area contributed by atoms with Gasteiger partial charge in [0.05, 0.1) is 24.8 Å². The Morgan fingerprint density at radius 1 is 0.846 bits per heavy atom. The number of methoxy groups -OCH3 is 1. The maximum absolute atomic E-state index is 12.2. The quantitative estimate of drug-likeness (QED) is 0.492. The molecular formula is C21H24O5. The summed E-state index contributed by atoms with van der Waals surface area (Å²) in [5.41, 5.74) is 1.58. The van der Waals surface area contributed by atoms with Crippen molar-refractivity contribution in [2.24, 2.45) is 0 Å². The molecule has 0 heterocycles. The van der Waals surface area contributed by atoms with Crippen LogP contribution >= 0.6 is 0 Å². The molecule has 0 unspecified atom stereocenters. The molecule has 2 rings (SSSR count). The zero-order valence-corrected chi connectivity index (χ0v) is 15.2. The zero-order valence-electron chi connectivity index (χ0n) is 15.2. The normalized spacial score (nSPS) is 10.2. The molecule has 0 radical (unpaired) electrons. The fourth-order valence-corrected chi connectivity index (χ4v) is 2.39. The van der Waals surface area contributed by atoms with Crippen molar-refractivity contribution < 1.29 is 23.8 Å². The van der Waals surface area contributed by atoms with Gasteiger partial charge < -0.3 is 14.2 Å². The zero-order chi connectivity index (χ0) is 18.8. The molecule has 138 valence electrons. The summed E-state index contributed by atoms with van der Waals surface area (Å²) < 4.78 is 15.7. The summed E-state index contributed by atoms with van der Waals surface area (Å²) in [6.07, 6.45) is 2.96. The van der Waals surface area contributed by atoms with E-state index >= 15 is 0 Å². The summed E-state index contributed by atoms with van der Waals surface area (Å²) in [5.74, 6) is -0.171. The molecule has 0 atom stereocenters. The number of carbonyl (C=O) groups excluding carboxylic acids is 2. The van der Waals surface area contributed by atoms with Crippen molar-refractivity contribution in [3.63, 3.8) is 0 Å². The Morgan fingerprint density at radius 3 is 2.08 bits per heavy atom. The third kappa shape index (κ3) is 5.62. The molecule has 0 bridgehead atoms. The van der Waals surface area contributed by atoms with Gasteiger partial charge in [-0.2, -0.15) is 0 Å². The number of hydrogen-bond acceptors (Lipinski definition) is 5. The van der Waals surface area contributed by atoms with Crippen molar-refractivity contribution in [1.29, 1.82) is 0 Å². The van der Waals surface area contributed by atoms with Crippen LogP contribution in [0.1, 0.15) is 52.5 Å². The standard InChI is InChI=1S/C21H24O5/c1-3-4-7-14-25-20(22)16-10-12-17(13-11-16)21(23)26-15-18-8-5-6-9-19(18)24-2/h5-6,8-13H,3-4,7,14-15H2,1-2H3. The molecule has 0 amide bonds. The summed E-state index contributed by atoms with van der Waals surface area (Å²) >= 11 is 0. The predicted octanol–water partition coefficient (Wildman–Crippen LogP) is 4.40. The van der Waals surface area contributed by atoms with Gasteiger partial charge in [0.15, 0.2) is 0 Å². The number of carbonyl (C=O) groups is 2. The molecule has 0 saturated heterocycles. The number of benzene rings is 2. The second-order valence-corrected chi connectivity index (χ2v) is 5.81. The van der Waals surface area contributed by atoms with Crippen molar-refractivity contribution in [3.05, 3.63) is 65.2 Å². The van der Waals surface area contributed by atoms with Crippen molar-refractivity contribution in [2.75, 3.05) is 13.7 Å². The van der Waals surface area contributed by atoms with Gasteiger partial charge in [-0.1, -0.05) is 38.0 Å². The van der Waals surface area contributed by atoms with Gasteiger partial charge in [0.2, 0.25) is 0 Å². The molecule has 0 spiro atoms. The van der Waals surface area contributed by atoms with Crippen LogP contribution in [0.3, 0.4) is 0 Å². The van der Waals surface area contributed by atoms with Crippen LogP contribution in [0.4, 0.5) is 0 Å². The maximum atomic E-state index is 12.2. The molecule has 0 aliphatic heterocycles. The summed E-state index contributed by atoms with van der Waals surface area (Å²) in [5, 5.41) is 0. The van der Waals surface area contributed by atoms with Crippen LogP contribution in [0.15, 0.2) is 48.5 Å². The molecule has 0 N–H and O–H groups in total. The van der Waals surface area contributed by atoms with E-state index in [1.165, 1.54) is 0 Å². The lowest BCUT2D eigenvalue weighted by atomic mass is 10.1. The summed E-state index contributed by atoms with van der Waals surface area (Å²) in [6, 6.07) is 13.6. The van der Waals surface area contributed by atoms with Gasteiger partial charge in [-0.05, 0) is 36.8 Å². The van der Waals surface area contributed by atoms with Crippen LogP contribution in [0, 0.1) is 0 Å². The second-order valence-electron chi connectivity index (χ2n) is 5.81. The van der Waals surface area contributed by atoms with E-state index in [9.17, 15) is 9.59 Å². The molecular weight excluding hydrogens is 332 g/mol. The monoisotopic (exact) mass is 356 g/mol. The summed E-state index contributed by atoms with van der Waals surface area (Å²) in [7, 11) is 1.57. The lowest BCUT2D eigenvalue weighted by molar-refractivity contribution is 0.0464. The Hall–Kier alpha value is -2.82. The first-order valence-electron chi connectivity index (χ1n) is 8.72. The van der Waals surface area contributed by atoms with Crippen molar-refractivity contribution in [3.8, 4) is 5.75 Å². The molecule has 5 heteroatoms. The Balaban J connectivity index is 1.89. The van der Waals surface area contributed by atoms with Gasteiger partial charge in [-0.15, -0.1) is 0 Å². The molecule has 0 fully saturated rings. The highest BCUT2D eigenvalue weighted by atomic mass is 16.5. The molecule has 26 heavy (non-hydrogen) atoms. The lowest BCUT2D eigenvalue weighted by Crippen LogP contribution is -2.09. The number of esters is 2. The minimum atomic E-state index is -0.459. The van der Waals surface area contributed by atoms with E-state index in [2.05, 4.69) is 6.92 Å². The second kappa shape index (κ2) is 10.2. The molecule has 0 saturated carbocycles. The van der Waals surface area contributed by atoms with Gasteiger partial charge in [-0.3, -0.25) is 0 Å². The van der Waals surface area contributed by atoms with E-state index in [1.807, 2.05) is 24.3 Å². The first kappa shape index (κ1) is 19.5. The van der Waals surface area contributed by atoms with Crippen LogP contribution < -0.4 is 4.74 Å². The smallest absolute Gasteiger partial charge is 0.338 e. The molecule has 5 nitrogen and oxygen atoms in total. The lowest BCUT2D eigenvalue weighted by Gasteiger charge is -2.09. The third-order valence-corrected chi connectivity index (χ3v) is 3.89. The van der Waals surface area contributed by atoms with Crippen LogP contribution in [0.2, 0.25) is 0 Å². The average molecular weight is 356 g/mol. The van der Waals surface area contributed by atoms with Crippen LogP contribution in [0.25, 0.3) is 0 Å². The Morgan fingerprint density at radius 2 is 1.46 bits per heavy atom. The van der Waals surface area contributed by atoms with Gasteiger partial charge in [0, 0.05) is 5.56 Å². The Kier molecular flexibility index (Phi) is 7.68. The van der Waals surface area contributed by atoms with E-state index < -0.39 is 5.97 Å². The van der Waals surface area contributed by atoms with Crippen molar-refractivity contribution >= 4 is 11.9 Å². The average Bonchev–Trinajstić information content (AvgIpc) is 2.69. The van der Waals surface area contributed by atoms with Gasteiger partial charge >= 0.3 is 11.9 Å². The largest absolute Gasteiger partial charge is 0.496 e. The number of unbranched alkanes of at least 4 members (excludes halogenated alkanes) is 2. The van der Waals surface area contributed by atoms with E-state index in [1.54, 1.807) is 31.4 Å². The molecule has 2 aromatic carbocycles. The van der Waals surface area contributed by atoms with E-state index in [0.29, 0.717) is 23.5 Å². The Bertz CT molecular complexity index is 721. The highest BCUT2D eigenvalue weighted by Gasteiger charge is 2.12. The minimum Gasteiger partial charge on any atom is -0.496 e. The first-order valence-corrected chi connectivity index (χ1v) is 8.72. The van der Waals surface area contributed by atoms with E-state index in [-0.39, 0.29) is 12.6 Å². The van der Waals surface area contributed by atoms with Crippen LogP contribution in [0.5, 0.6) is 5.75 Å². The SMILES string of the molecule is CCCCCOC(=O)c1ccc(C(=O)OCc2ccccc2OC)cc1. The number of hydrogen-bond donors (Lipinski definition) is 0. The number of rotatable bonds is 9. The van der Waals surface area contributed by atoms with Gasteiger partial charge in [0.1, 0.15) is 12.4 Å². The fourth-order valence-electron chi connectivity index (χ4n) is 2.39. The van der Waals surface area contributed by atoms with E-state index in [0.717, 1.165) is 24.8 Å². The highest BCUT2D eigenvalue weighted by molar-refractivity contribution is 5.93. The van der Waals surface area contributed by atoms with Crippen molar-refractivity contribution in [2.45, 2.75) is 32.8 Å². The summed E-state index contributed by atoms with van der Waals surface area (Å²) in [6.45, 7) is 2.62. The fraction of sp³-hybridized carbons (Fsp3) is 0.333. The highest BCUT2D eigenvalue weighted by Crippen LogP contribution is 2.19. The van der Waals surface area contributed by atoms with Gasteiger partial charge in [-0.25, -0.2) is 9.59 Å². The molecule has 0 aliphatic rings.